The van der Waals surface area contributed by atoms with Gasteiger partial charge in [-0.1, -0.05) is 17.7 Å². The first kappa shape index (κ1) is 23.2. The van der Waals surface area contributed by atoms with Crippen LogP contribution in [0.15, 0.2) is 65.3 Å². The molecule has 8 nitrogen and oxygen atoms in total. The van der Waals surface area contributed by atoms with Gasteiger partial charge in [-0.25, -0.2) is 17.9 Å². The predicted molar refractivity (Wildman–Crippen MR) is 132 cm³/mol. The number of aromatic nitrogens is 1. The number of ether oxygens (including phenoxy) is 2. The Hall–Kier alpha value is -3.59. The molecule has 1 amide bonds. The Bertz CT molecular complexity index is 1390. The average molecular weight is 494 g/mol. The molecule has 1 atom stereocenters. The van der Waals surface area contributed by atoms with E-state index in [0.29, 0.717) is 0 Å². The third-order valence-electron chi connectivity index (χ3n) is 6.69. The largest absolute Gasteiger partial charge is 0.497 e. The number of sulfonamides is 1. The fraction of sp³-hybridized carbons (Fsp3) is 0.308. The summed E-state index contributed by atoms with van der Waals surface area (Å²) in [7, 11) is -2.41. The molecule has 35 heavy (non-hydrogen) atoms. The van der Waals surface area contributed by atoms with E-state index >= 15 is 0 Å². The van der Waals surface area contributed by atoms with Gasteiger partial charge in [0.1, 0.15) is 11.9 Å². The maximum Gasteiger partial charge on any atom is 0.421 e. The average Bonchev–Trinajstić information content (AvgIpc) is 2.86. The Morgan fingerprint density at radius 3 is 2.57 bits per heavy atom. The summed E-state index contributed by atoms with van der Waals surface area (Å²) >= 11 is 0. The summed E-state index contributed by atoms with van der Waals surface area (Å²) in [4.78, 5) is 19.4. The number of nitrogens with one attached hydrogen (secondary N) is 1. The summed E-state index contributed by atoms with van der Waals surface area (Å²) < 4.78 is 38.6. The smallest absolute Gasteiger partial charge is 0.421 e. The van der Waals surface area contributed by atoms with Crippen molar-refractivity contribution in [2.45, 2.75) is 30.8 Å². The number of nitrogens with zero attached hydrogens (tertiary/aromatic N) is 2. The summed E-state index contributed by atoms with van der Waals surface area (Å²) in [5, 5.41) is 0.923. The first-order valence-electron chi connectivity index (χ1n) is 11.5. The van der Waals surface area contributed by atoms with Crippen LogP contribution in [-0.2, 0) is 14.8 Å². The van der Waals surface area contributed by atoms with E-state index in [4.69, 9.17) is 9.47 Å². The fourth-order valence-electron chi connectivity index (χ4n) is 4.80. The lowest BCUT2D eigenvalue weighted by Gasteiger charge is -2.47. The molecular weight excluding hydrogens is 466 g/mol. The summed E-state index contributed by atoms with van der Waals surface area (Å²) in [6, 6.07) is 13.9. The number of aryl methyl sites for hydroxylation is 1. The Kier molecular flexibility index (Phi) is 6.10. The number of benzene rings is 2. The standard InChI is InChI=1S/C26H27N3O5S/c1-17-3-6-21(7-4-17)35(31,32)28-26(30)34-25-18-10-13-29(14-11-18)24(25)15-19-9-12-27-23-8-5-20(33-2)16-22(19)23/h3-9,12,15-16,18,25H,10-11,13-14H2,1-2H3,(H,28,30)/b24-15+. The molecule has 3 aliphatic heterocycles. The summed E-state index contributed by atoms with van der Waals surface area (Å²) in [5.41, 5.74) is 3.55. The Morgan fingerprint density at radius 1 is 1.11 bits per heavy atom. The molecule has 0 spiro atoms. The number of methoxy groups -OCH3 is 1. The molecule has 6 rings (SSSR count). The van der Waals surface area contributed by atoms with Crippen molar-refractivity contribution in [2.24, 2.45) is 5.92 Å². The van der Waals surface area contributed by atoms with Gasteiger partial charge < -0.3 is 14.4 Å². The summed E-state index contributed by atoms with van der Waals surface area (Å²) in [6.45, 7) is 3.60. The molecule has 3 aliphatic rings. The van der Waals surface area contributed by atoms with Crippen molar-refractivity contribution in [3.05, 3.63) is 71.6 Å². The molecule has 3 aromatic rings. The molecule has 2 aromatic carbocycles. The van der Waals surface area contributed by atoms with Crippen LogP contribution in [0, 0.1) is 12.8 Å². The van der Waals surface area contributed by atoms with E-state index in [2.05, 4.69) is 14.6 Å². The highest BCUT2D eigenvalue weighted by atomic mass is 32.2. The highest BCUT2D eigenvalue weighted by molar-refractivity contribution is 7.90. The lowest BCUT2D eigenvalue weighted by Crippen LogP contribution is -2.51. The topological polar surface area (TPSA) is 97.8 Å². The van der Waals surface area contributed by atoms with Crippen LogP contribution in [0.3, 0.4) is 0 Å². The maximum atomic E-state index is 12.8. The van der Waals surface area contributed by atoms with Crippen molar-refractivity contribution in [2.75, 3.05) is 20.2 Å². The molecule has 182 valence electrons. The van der Waals surface area contributed by atoms with Crippen LogP contribution >= 0.6 is 0 Å². The number of amides is 1. The van der Waals surface area contributed by atoms with E-state index in [1.807, 2.05) is 37.3 Å². The van der Waals surface area contributed by atoms with Gasteiger partial charge in [-0.2, -0.15) is 0 Å². The van der Waals surface area contributed by atoms with Gasteiger partial charge in [0.2, 0.25) is 0 Å². The first-order chi connectivity index (χ1) is 16.8. The van der Waals surface area contributed by atoms with Crippen molar-refractivity contribution in [3.63, 3.8) is 0 Å². The molecule has 0 saturated carbocycles. The number of rotatable bonds is 5. The molecule has 1 unspecified atom stereocenters. The van der Waals surface area contributed by atoms with Crippen molar-refractivity contribution in [3.8, 4) is 5.75 Å². The van der Waals surface area contributed by atoms with Crippen molar-refractivity contribution >= 4 is 33.1 Å². The van der Waals surface area contributed by atoms with Crippen LogP contribution in [0.1, 0.15) is 24.0 Å². The third-order valence-corrected chi connectivity index (χ3v) is 8.02. The van der Waals surface area contributed by atoms with E-state index in [1.165, 1.54) is 12.1 Å². The molecule has 4 heterocycles. The SMILES string of the molecule is COc1ccc2nccc(/C=C3\C(OC(=O)NS(=O)(=O)c4ccc(C)cc4)C4CCN3CC4)c2c1. The van der Waals surface area contributed by atoms with E-state index in [9.17, 15) is 13.2 Å². The van der Waals surface area contributed by atoms with E-state index in [0.717, 1.165) is 59.4 Å². The maximum absolute atomic E-state index is 12.8. The van der Waals surface area contributed by atoms with Gasteiger partial charge >= 0.3 is 6.09 Å². The molecular formula is C26H27N3O5S. The van der Waals surface area contributed by atoms with Gasteiger partial charge in [0.25, 0.3) is 10.0 Å². The number of fused-ring (bicyclic) bond motifs is 4. The van der Waals surface area contributed by atoms with Gasteiger partial charge in [-0.05, 0) is 67.8 Å². The van der Waals surface area contributed by atoms with E-state index < -0.39 is 22.2 Å². The number of piperidine rings is 3. The molecule has 2 bridgehead atoms. The van der Waals surface area contributed by atoms with Crippen molar-refractivity contribution in [1.82, 2.24) is 14.6 Å². The number of carbonyl (C=O) groups is 1. The number of pyridine rings is 1. The number of hydrogen-bond acceptors (Lipinski definition) is 7. The van der Waals surface area contributed by atoms with Crippen LogP contribution in [0.25, 0.3) is 17.0 Å². The van der Waals surface area contributed by atoms with Crippen LogP contribution in [0.4, 0.5) is 4.79 Å². The quantitative estimate of drug-likeness (QED) is 0.571. The number of hydrogen-bond donors (Lipinski definition) is 1. The molecule has 1 N–H and O–H groups in total. The second-order valence-electron chi connectivity index (χ2n) is 8.92. The van der Waals surface area contributed by atoms with Crippen LogP contribution < -0.4 is 9.46 Å². The van der Waals surface area contributed by atoms with Gasteiger partial charge in [0.15, 0.2) is 0 Å². The third kappa shape index (κ3) is 4.68. The van der Waals surface area contributed by atoms with E-state index in [-0.39, 0.29) is 10.8 Å². The molecule has 1 aromatic heterocycles. The monoisotopic (exact) mass is 493 g/mol. The second kappa shape index (κ2) is 9.22. The molecule has 0 radical (unpaired) electrons. The van der Waals surface area contributed by atoms with E-state index in [1.54, 1.807) is 25.4 Å². The predicted octanol–water partition coefficient (Wildman–Crippen LogP) is 4.10. The molecule has 9 heteroatoms. The Morgan fingerprint density at radius 2 is 1.86 bits per heavy atom. The minimum atomic E-state index is -4.03. The molecule has 3 fully saturated rings. The zero-order valence-corrected chi connectivity index (χ0v) is 20.4. The zero-order valence-electron chi connectivity index (χ0n) is 19.6. The van der Waals surface area contributed by atoms with Crippen molar-refractivity contribution < 1.29 is 22.7 Å². The number of carbonyl (C=O) groups excluding carboxylic acids is 1. The van der Waals surface area contributed by atoms with Crippen LogP contribution in [-0.4, -0.2) is 50.7 Å². The molecule has 0 aliphatic carbocycles. The lowest BCUT2D eigenvalue weighted by molar-refractivity contribution is 0.00697. The van der Waals surface area contributed by atoms with Gasteiger partial charge in [0, 0.05) is 30.6 Å². The van der Waals surface area contributed by atoms with Crippen molar-refractivity contribution in [1.29, 1.82) is 0 Å². The van der Waals surface area contributed by atoms with Gasteiger partial charge in [-0.15, -0.1) is 0 Å². The van der Waals surface area contributed by atoms with Crippen LogP contribution in [0.2, 0.25) is 0 Å². The minimum absolute atomic E-state index is 0.0157. The zero-order chi connectivity index (χ0) is 24.6. The summed E-state index contributed by atoms with van der Waals surface area (Å²) in [5.74, 6) is 0.853. The Balaban J connectivity index is 1.43. The van der Waals surface area contributed by atoms with Gasteiger partial charge in [0.05, 0.1) is 23.2 Å². The Labute approximate surface area is 204 Å². The highest BCUT2D eigenvalue weighted by Gasteiger charge is 2.41. The fourth-order valence-corrected chi connectivity index (χ4v) is 5.68. The van der Waals surface area contributed by atoms with Crippen LogP contribution in [0.5, 0.6) is 5.75 Å². The lowest BCUT2D eigenvalue weighted by atomic mass is 9.82. The molecule has 3 saturated heterocycles. The first-order valence-corrected chi connectivity index (χ1v) is 13.0. The summed E-state index contributed by atoms with van der Waals surface area (Å²) in [6.07, 6.45) is 4.00. The second-order valence-corrected chi connectivity index (χ2v) is 10.6. The normalized spacial score (nSPS) is 20.7. The highest BCUT2D eigenvalue weighted by Crippen LogP contribution is 2.38. The minimum Gasteiger partial charge on any atom is -0.497 e. The van der Waals surface area contributed by atoms with Gasteiger partial charge in [-0.3, -0.25) is 4.98 Å².